The number of hydrogen-bond acceptors (Lipinski definition) is 4. The van der Waals surface area contributed by atoms with Gasteiger partial charge in [0.2, 0.25) is 5.91 Å². The van der Waals surface area contributed by atoms with E-state index in [1.807, 2.05) is 29.2 Å². The topological polar surface area (TPSA) is 64.8 Å². The zero-order valence-electron chi connectivity index (χ0n) is 13.9. The van der Waals surface area contributed by atoms with Gasteiger partial charge in [0.15, 0.2) is 0 Å². The van der Waals surface area contributed by atoms with E-state index in [0.717, 1.165) is 37.1 Å². The molecule has 2 unspecified atom stereocenters. The number of amides is 1. The van der Waals surface area contributed by atoms with E-state index in [1.54, 1.807) is 14.2 Å². The molecule has 0 aromatic heterocycles. The fourth-order valence-corrected chi connectivity index (χ4v) is 2.97. The number of piperidine rings is 1. The minimum Gasteiger partial charge on any atom is -0.497 e. The summed E-state index contributed by atoms with van der Waals surface area (Å²) < 4.78 is 10.5. The quantitative estimate of drug-likeness (QED) is 0.859. The Morgan fingerprint density at radius 1 is 1.30 bits per heavy atom. The first kappa shape index (κ1) is 19.7. The molecule has 0 spiro atoms. The van der Waals surface area contributed by atoms with Crippen molar-refractivity contribution >= 4 is 18.3 Å². The third-order valence-corrected chi connectivity index (χ3v) is 4.38. The lowest BCUT2D eigenvalue weighted by Gasteiger charge is -2.38. The molecule has 2 N–H and O–H groups in total. The molecule has 0 saturated carbocycles. The van der Waals surface area contributed by atoms with Crippen LogP contribution >= 0.6 is 12.4 Å². The van der Waals surface area contributed by atoms with Gasteiger partial charge in [0, 0.05) is 32.7 Å². The Morgan fingerprint density at radius 2 is 2.00 bits per heavy atom. The maximum Gasteiger partial charge on any atom is 0.223 e. The van der Waals surface area contributed by atoms with Crippen LogP contribution in [-0.2, 0) is 16.0 Å². The molecule has 0 aliphatic carbocycles. The van der Waals surface area contributed by atoms with Gasteiger partial charge in [-0.05, 0) is 37.0 Å². The Labute approximate surface area is 144 Å². The van der Waals surface area contributed by atoms with Crippen LogP contribution in [0.2, 0.25) is 0 Å². The van der Waals surface area contributed by atoms with Gasteiger partial charge in [0.1, 0.15) is 5.75 Å². The minimum atomic E-state index is 0. The number of nitrogens with two attached hydrogens (primary N) is 1. The molecule has 6 heteroatoms. The second-order valence-corrected chi connectivity index (χ2v) is 5.71. The Bertz CT molecular complexity index is 481. The highest BCUT2D eigenvalue weighted by atomic mass is 35.5. The van der Waals surface area contributed by atoms with Crippen molar-refractivity contribution in [1.29, 1.82) is 0 Å². The number of rotatable bonds is 6. The molecule has 2 rings (SSSR count). The van der Waals surface area contributed by atoms with Crippen LogP contribution < -0.4 is 10.5 Å². The summed E-state index contributed by atoms with van der Waals surface area (Å²) >= 11 is 0. The number of ether oxygens (including phenoxy) is 2. The summed E-state index contributed by atoms with van der Waals surface area (Å²) in [5.74, 6) is 1.01. The van der Waals surface area contributed by atoms with Crippen LogP contribution in [-0.4, -0.2) is 50.3 Å². The van der Waals surface area contributed by atoms with Crippen LogP contribution in [0.25, 0.3) is 0 Å². The van der Waals surface area contributed by atoms with E-state index in [1.165, 1.54) is 0 Å². The SMILES string of the molecule is COc1ccc(CCC(=O)N2CCC(OC)CC2CN)cc1.Cl. The van der Waals surface area contributed by atoms with Gasteiger partial charge in [0.05, 0.1) is 13.2 Å². The molecule has 1 aromatic carbocycles. The first-order valence-corrected chi connectivity index (χ1v) is 7.83. The van der Waals surface area contributed by atoms with Crippen molar-refractivity contribution in [2.45, 2.75) is 37.8 Å². The zero-order valence-corrected chi connectivity index (χ0v) is 14.7. The predicted molar refractivity (Wildman–Crippen MR) is 93.1 cm³/mol. The van der Waals surface area contributed by atoms with E-state index >= 15 is 0 Å². The highest BCUT2D eigenvalue weighted by molar-refractivity contribution is 5.85. The van der Waals surface area contributed by atoms with Crippen LogP contribution in [0.3, 0.4) is 0 Å². The largest absolute Gasteiger partial charge is 0.497 e. The molecule has 130 valence electrons. The molecule has 1 amide bonds. The first-order valence-electron chi connectivity index (χ1n) is 7.83. The summed E-state index contributed by atoms with van der Waals surface area (Å²) in [6.45, 7) is 1.23. The molecule has 1 heterocycles. The van der Waals surface area contributed by atoms with E-state index in [4.69, 9.17) is 15.2 Å². The summed E-state index contributed by atoms with van der Waals surface area (Å²) in [6, 6.07) is 7.95. The van der Waals surface area contributed by atoms with Crippen molar-refractivity contribution in [1.82, 2.24) is 4.90 Å². The second kappa shape index (κ2) is 9.75. The van der Waals surface area contributed by atoms with Crippen LogP contribution in [0.15, 0.2) is 24.3 Å². The molecule has 1 fully saturated rings. The average Bonchev–Trinajstić information content (AvgIpc) is 2.59. The number of likely N-dealkylation sites (tertiary alicyclic amines) is 1. The van der Waals surface area contributed by atoms with Gasteiger partial charge in [-0.15, -0.1) is 12.4 Å². The Morgan fingerprint density at radius 3 is 2.57 bits per heavy atom. The number of carbonyl (C=O) groups excluding carboxylic acids is 1. The summed E-state index contributed by atoms with van der Waals surface area (Å²) in [7, 11) is 3.37. The normalized spacial score (nSPS) is 20.7. The van der Waals surface area contributed by atoms with Gasteiger partial charge in [-0.25, -0.2) is 0 Å². The number of hydrogen-bond donors (Lipinski definition) is 1. The number of methoxy groups -OCH3 is 2. The summed E-state index contributed by atoms with van der Waals surface area (Å²) in [4.78, 5) is 14.4. The van der Waals surface area contributed by atoms with Gasteiger partial charge in [-0.3, -0.25) is 4.79 Å². The Kier molecular flexibility index (Phi) is 8.37. The number of carbonyl (C=O) groups is 1. The average molecular weight is 343 g/mol. The number of nitrogens with zero attached hydrogens (tertiary/aromatic N) is 1. The minimum absolute atomic E-state index is 0. The van der Waals surface area contributed by atoms with Crippen LogP contribution in [0.4, 0.5) is 0 Å². The van der Waals surface area contributed by atoms with Gasteiger partial charge >= 0.3 is 0 Å². The van der Waals surface area contributed by atoms with Crippen molar-refractivity contribution in [2.24, 2.45) is 5.73 Å². The molecule has 1 aliphatic heterocycles. The number of aryl methyl sites for hydroxylation is 1. The Balaban J connectivity index is 0.00000264. The third kappa shape index (κ3) is 5.37. The van der Waals surface area contributed by atoms with Crippen LogP contribution in [0, 0.1) is 0 Å². The molecular formula is C17H27ClN2O3. The second-order valence-electron chi connectivity index (χ2n) is 5.71. The van der Waals surface area contributed by atoms with Crippen molar-refractivity contribution in [2.75, 3.05) is 27.3 Å². The van der Waals surface area contributed by atoms with Crippen molar-refractivity contribution in [3.63, 3.8) is 0 Å². The van der Waals surface area contributed by atoms with Gasteiger partial charge < -0.3 is 20.1 Å². The molecular weight excluding hydrogens is 316 g/mol. The fraction of sp³-hybridized carbons (Fsp3) is 0.588. The smallest absolute Gasteiger partial charge is 0.223 e. The fourth-order valence-electron chi connectivity index (χ4n) is 2.97. The molecule has 1 aliphatic rings. The standard InChI is InChI=1S/C17H26N2O3.ClH/c1-21-15-6-3-13(4-7-15)5-8-17(20)19-10-9-16(22-2)11-14(19)12-18;/h3-4,6-7,14,16H,5,8-12,18H2,1-2H3;1H. The number of halogens is 1. The molecule has 0 bridgehead atoms. The highest BCUT2D eigenvalue weighted by Gasteiger charge is 2.30. The maximum absolute atomic E-state index is 12.5. The molecule has 5 nitrogen and oxygen atoms in total. The number of benzene rings is 1. The molecule has 2 atom stereocenters. The van der Waals surface area contributed by atoms with Crippen molar-refractivity contribution in [3.8, 4) is 5.75 Å². The van der Waals surface area contributed by atoms with E-state index in [-0.39, 0.29) is 30.5 Å². The van der Waals surface area contributed by atoms with Gasteiger partial charge in [0.25, 0.3) is 0 Å². The summed E-state index contributed by atoms with van der Waals surface area (Å²) in [5, 5.41) is 0. The molecule has 1 aromatic rings. The zero-order chi connectivity index (χ0) is 15.9. The molecule has 0 radical (unpaired) electrons. The maximum atomic E-state index is 12.5. The van der Waals surface area contributed by atoms with E-state index in [0.29, 0.717) is 13.0 Å². The molecule has 23 heavy (non-hydrogen) atoms. The Hall–Kier alpha value is -1.30. The van der Waals surface area contributed by atoms with Crippen molar-refractivity contribution < 1.29 is 14.3 Å². The lowest BCUT2D eigenvalue weighted by Crippen LogP contribution is -2.51. The highest BCUT2D eigenvalue weighted by Crippen LogP contribution is 2.21. The first-order chi connectivity index (χ1) is 10.7. The molecule has 1 saturated heterocycles. The van der Waals surface area contributed by atoms with Crippen molar-refractivity contribution in [3.05, 3.63) is 29.8 Å². The van der Waals surface area contributed by atoms with E-state index in [2.05, 4.69) is 0 Å². The van der Waals surface area contributed by atoms with Crippen LogP contribution in [0.5, 0.6) is 5.75 Å². The lowest BCUT2D eigenvalue weighted by molar-refractivity contribution is -0.136. The van der Waals surface area contributed by atoms with Gasteiger partial charge in [-0.1, -0.05) is 12.1 Å². The lowest BCUT2D eigenvalue weighted by atomic mass is 9.98. The third-order valence-electron chi connectivity index (χ3n) is 4.38. The van der Waals surface area contributed by atoms with E-state index < -0.39 is 0 Å². The van der Waals surface area contributed by atoms with E-state index in [9.17, 15) is 4.79 Å². The van der Waals surface area contributed by atoms with Gasteiger partial charge in [-0.2, -0.15) is 0 Å². The summed E-state index contributed by atoms with van der Waals surface area (Å²) in [6.07, 6.45) is 3.20. The predicted octanol–water partition coefficient (Wildman–Crippen LogP) is 2.01. The summed E-state index contributed by atoms with van der Waals surface area (Å²) in [5.41, 5.74) is 6.97. The van der Waals surface area contributed by atoms with Crippen LogP contribution in [0.1, 0.15) is 24.8 Å². The monoisotopic (exact) mass is 342 g/mol.